The van der Waals surface area contributed by atoms with Gasteiger partial charge in [-0.25, -0.2) is 9.18 Å². The van der Waals surface area contributed by atoms with E-state index in [0.717, 1.165) is 11.0 Å². The van der Waals surface area contributed by atoms with Crippen LogP contribution >= 0.6 is 15.9 Å². The minimum absolute atomic E-state index is 0.0456. The van der Waals surface area contributed by atoms with Crippen LogP contribution in [-0.2, 0) is 4.79 Å². The topological polar surface area (TPSA) is 69.6 Å². The molecule has 0 aliphatic carbocycles. The van der Waals surface area contributed by atoms with Gasteiger partial charge in [0.15, 0.2) is 0 Å². The number of rotatable bonds is 0. The number of hydrogen-bond donors (Lipinski definition) is 2. The zero-order chi connectivity index (χ0) is 11.9. The fraction of sp³-hybridized carbons (Fsp3) is 0.111. The zero-order valence-electron chi connectivity index (χ0n) is 7.83. The largest absolute Gasteiger partial charge is 0.465 e. The van der Waals surface area contributed by atoms with Crippen LogP contribution in [0.1, 0.15) is 0 Å². The van der Waals surface area contributed by atoms with Crippen LogP contribution in [0.3, 0.4) is 0 Å². The standard InChI is InChI=1S/C9H6BrFN2O3/c10-7-4(11)1-2-5-8(7)12-6(14)3-13(5)9(15)16/h1-2H,3H2,(H,12,14)(H,15,16). The van der Waals surface area contributed by atoms with Crippen LogP contribution in [0.5, 0.6) is 0 Å². The van der Waals surface area contributed by atoms with Crippen LogP contribution in [0, 0.1) is 5.82 Å². The molecule has 2 rings (SSSR count). The van der Waals surface area contributed by atoms with Gasteiger partial charge < -0.3 is 10.4 Å². The summed E-state index contributed by atoms with van der Waals surface area (Å²) in [6, 6.07) is 2.44. The van der Waals surface area contributed by atoms with Gasteiger partial charge in [-0.15, -0.1) is 0 Å². The zero-order valence-corrected chi connectivity index (χ0v) is 9.41. The van der Waals surface area contributed by atoms with Crippen molar-refractivity contribution in [3.8, 4) is 0 Å². The average Bonchev–Trinajstić information content (AvgIpc) is 2.23. The molecule has 5 nitrogen and oxygen atoms in total. The Morgan fingerprint density at radius 3 is 2.88 bits per heavy atom. The van der Waals surface area contributed by atoms with Crippen LogP contribution in [0.15, 0.2) is 16.6 Å². The molecule has 0 spiro atoms. The molecule has 7 heteroatoms. The van der Waals surface area contributed by atoms with Crippen molar-refractivity contribution in [2.24, 2.45) is 0 Å². The van der Waals surface area contributed by atoms with E-state index in [1.54, 1.807) is 0 Å². The van der Waals surface area contributed by atoms with Gasteiger partial charge >= 0.3 is 6.09 Å². The molecule has 1 aliphatic heterocycles. The second kappa shape index (κ2) is 3.75. The molecule has 0 atom stereocenters. The molecule has 2 N–H and O–H groups in total. The second-order valence-corrected chi connectivity index (χ2v) is 3.97. The quantitative estimate of drug-likeness (QED) is 0.767. The lowest BCUT2D eigenvalue weighted by Crippen LogP contribution is -2.41. The van der Waals surface area contributed by atoms with E-state index in [1.807, 2.05) is 0 Å². The molecule has 1 aromatic carbocycles. The van der Waals surface area contributed by atoms with E-state index in [2.05, 4.69) is 21.2 Å². The maximum atomic E-state index is 13.2. The summed E-state index contributed by atoms with van der Waals surface area (Å²) in [5, 5.41) is 11.3. The number of nitrogens with one attached hydrogen (secondary N) is 1. The molecule has 2 amide bonds. The molecule has 0 fully saturated rings. The highest BCUT2D eigenvalue weighted by molar-refractivity contribution is 9.10. The number of carboxylic acid groups (broad SMARTS) is 1. The van der Waals surface area contributed by atoms with E-state index in [-0.39, 0.29) is 22.4 Å². The average molecular weight is 289 g/mol. The van der Waals surface area contributed by atoms with Crippen molar-refractivity contribution in [1.29, 1.82) is 0 Å². The predicted molar refractivity (Wildman–Crippen MR) is 58.1 cm³/mol. The number of carbonyl (C=O) groups excluding carboxylic acids is 1. The van der Waals surface area contributed by atoms with Gasteiger partial charge in [0.25, 0.3) is 0 Å². The Bertz CT molecular complexity index is 492. The minimum Gasteiger partial charge on any atom is -0.465 e. The number of anilines is 2. The maximum Gasteiger partial charge on any atom is 0.412 e. The number of halogens is 2. The molecule has 1 aliphatic rings. The van der Waals surface area contributed by atoms with Gasteiger partial charge in [0.1, 0.15) is 12.4 Å². The highest BCUT2D eigenvalue weighted by atomic mass is 79.9. The number of hydrogen-bond acceptors (Lipinski definition) is 2. The summed E-state index contributed by atoms with van der Waals surface area (Å²) in [5.41, 5.74) is 0.388. The lowest BCUT2D eigenvalue weighted by Gasteiger charge is -2.27. The SMILES string of the molecule is O=C1CN(C(=O)O)c2ccc(F)c(Br)c2N1. The predicted octanol–water partition coefficient (Wildman–Crippen LogP) is 2.02. The number of fused-ring (bicyclic) bond motifs is 1. The Balaban J connectivity index is 2.60. The third-order valence-corrected chi connectivity index (χ3v) is 2.94. The Kier molecular flexibility index (Phi) is 2.55. The van der Waals surface area contributed by atoms with Crippen LogP contribution < -0.4 is 10.2 Å². The molecular weight excluding hydrogens is 283 g/mol. The second-order valence-electron chi connectivity index (χ2n) is 3.17. The summed E-state index contributed by atoms with van der Waals surface area (Å²) in [6.07, 6.45) is -1.25. The summed E-state index contributed by atoms with van der Waals surface area (Å²) in [6.45, 7) is -0.291. The lowest BCUT2D eigenvalue weighted by atomic mass is 10.2. The van der Waals surface area contributed by atoms with E-state index >= 15 is 0 Å². The van der Waals surface area contributed by atoms with Gasteiger partial charge in [-0.1, -0.05) is 0 Å². The molecule has 0 saturated carbocycles. The van der Waals surface area contributed by atoms with E-state index in [1.165, 1.54) is 6.07 Å². The fourth-order valence-corrected chi connectivity index (χ4v) is 1.90. The highest BCUT2D eigenvalue weighted by Crippen LogP contribution is 2.37. The first kappa shape index (κ1) is 10.9. The molecule has 0 unspecified atom stereocenters. The van der Waals surface area contributed by atoms with Crippen LogP contribution in [0.25, 0.3) is 0 Å². The van der Waals surface area contributed by atoms with Gasteiger partial charge in [-0.05, 0) is 28.1 Å². The Morgan fingerprint density at radius 2 is 2.25 bits per heavy atom. The molecule has 0 saturated heterocycles. The minimum atomic E-state index is -1.25. The van der Waals surface area contributed by atoms with Crippen molar-refractivity contribution in [3.05, 3.63) is 22.4 Å². The van der Waals surface area contributed by atoms with Crippen molar-refractivity contribution in [2.45, 2.75) is 0 Å². The third-order valence-electron chi connectivity index (χ3n) is 2.16. The lowest BCUT2D eigenvalue weighted by molar-refractivity contribution is -0.115. The first-order valence-corrected chi connectivity index (χ1v) is 5.08. The maximum absolute atomic E-state index is 13.2. The number of amides is 2. The van der Waals surface area contributed by atoms with Gasteiger partial charge in [0, 0.05) is 0 Å². The smallest absolute Gasteiger partial charge is 0.412 e. The third kappa shape index (κ3) is 1.63. The number of nitrogens with zero attached hydrogens (tertiary/aromatic N) is 1. The van der Waals surface area contributed by atoms with E-state index in [0.29, 0.717) is 0 Å². The van der Waals surface area contributed by atoms with Crippen LogP contribution in [-0.4, -0.2) is 23.7 Å². The summed E-state index contributed by atoms with van der Waals surface area (Å²) in [5.74, 6) is -1.06. The van der Waals surface area contributed by atoms with Crippen molar-refractivity contribution in [3.63, 3.8) is 0 Å². The van der Waals surface area contributed by atoms with E-state index in [4.69, 9.17) is 5.11 Å². The molecule has 16 heavy (non-hydrogen) atoms. The first-order valence-electron chi connectivity index (χ1n) is 4.29. The Hall–Kier alpha value is -1.63. The van der Waals surface area contributed by atoms with Gasteiger partial charge in [0.05, 0.1) is 15.8 Å². The summed E-state index contributed by atoms with van der Waals surface area (Å²) in [4.78, 5) is 23.0. The van der Waals surface area contributed by atoms with Crippen molar-refractivity contribution >= 4 is 39.3 Å². The molecule has 84 valence electrons. The van der Waals surface area contributed by atoms with Crippen LogP contribution in [0.2, 0.25) is 0 Å². The van der Waals surface area contributed by atoms with Gasteiger partial charge in [0.2, 0.25) is 5.91 Å². The van der Waals surface area contributed by atoms with Crippen molar-refractivity contribution < 1.29 is 19.1 Å². The Morgan fingerprint density at radius 1 is 1.56 bits per heavy atom. The van der Waals surface area contributed by atoms with Crippen LogP contribution in [0.4, 0.5) is 20.6 Å². The van der Waals surface area contributed by atoms with Gasteiger partial charge in [-0.2, -0.15) is 0 Å². The molecule has 0 aromatic heterocycles. The summed E-state index contributed by atoms with van der Waals surface area (Å²) < 4.78 is 13.2. The monoisotopic (exact) mass is 288 g/mol. The molecule has 0 radical (unpaired) electrons. The van der Waals surface area contributed by atoms with E-state index in [9.17, 15) is 14.0 Å². The summed E-state index contributed by atoms with van der Waals surface area (Å²) >= 11 is 2.96. The molecule has 1 aromatic rings. The summed E-state index contributed by atoms with van der Waals surface area (Å²) in [7, 11) is 0. The van der Waals surface area contributed by atoms with Gasteiger partial charge in [-0.3, -0.25) is 9.69 Å². The fourth-order valence-electron chi connectivity index (χ4n) is 1.46. The molecule has 1 heterocycles. The van der Waals surface area contributed by atoms with Crippen molar-refractivity contribution in [1.82, 2.24) is 0 Å². The Labute approximate surface area is 98.0 Å². The van der Waals surface area contributed by atoms with Crippen molar-refractivity contribution in [2.75, 3.05) is 16.8 Å². The normalized spacial score (nSPS) is 14.4. The first-order chi connectivity index (χ1) is 7.50. The van der Waals surface area contributed by atoms with E-state index < -0.39 is 17.8 Å². The highest BCUT2D eigenvalue weighted by Gasteiger charge is 2.28. The molecular formula is C9H6BrFN2O3. The number of carbonyl (C=O) groups is 2. The molecule has 0 bridgehead atoms. The number of benzene rings is 1.